The Morgan fingerprint density at radius 2 is 1.50 bits per heavy atom. The standard InChI is InChI=1S/C52H85N3O19P2/c1-3-5-7-8-9-10-11-12-13-14-15-16-17-18-19-20-25-29-46(58)68-36-40-37-69-75(64,65)74-76(66,67)70-38-44-50(62)49(61)43(32-31-39(56)27-23-6-4-2)72-48(60)35-42(57)41(28-24-21-22-26-30-47(59)71-40)51(73-44)55-34-33-45(53)54-52(55)63/h9-10,12-13,15-16,21,24,31-34,39-44,48-51,56-57,60-62H,3-8,11,14,17-20,22-23,25-30,35-38H2,1-2H3,(H,64,65)(H,66,67)(H2,53,54,63)/b10-9-,13-12-,16-15-,24-21?,32-31+/t39-,40+,41-,42-,43+,44+,48?,49-,50+,51+/m0/s1. The number of rotatable bonds is 24. The Morgan fingerprint density at radius 3 is 2.18 bits per heavy atom. The van der Waals surface area contributed by atoms with Crippen molar-refractivity contribution in [1.29, 1.82) is 0 Å². The summed E-state index contributed by atoms with van der Waals surface area (Å²) in [6.07, 6.45) is 17.2. The van der Waals surface area contributed by atoms with Crippen molar-refractivity contribution in [3.8, 4) is 0 Å². The van der Waals surface area contributed by atoms with Gasteiger partial charge in [0, 0.05) is 31.4 Å². The van der Waals surface area contributed by atoms with Crippen LogP contribution in [0.2, 0.25) is 0 Å². The summed E-state index contributed by atoms with van der Waals surface area (Å²) in [7, 11) is -11.4. The number of aliphatic hydroxyl groups excluding tert-OH is 5. The molecular weight excluding hydrogens is 1030 g/mol. The molecule has 0 aliphatic carbocycles. The Kier molecular flexibility index (Phi) is 32.6. The van der Waals surface area contributed by atoms with Crippen molar-refractivity contribution in [2.45, 2.75) is 204 Å². The molecule has 3 unspecified atom stereocenters. The maximum atomic E-state index is 13.4. The molecule has 22 nitrogen and oxygen atoms in total. The van der Waals surface area contributed by atoms with Crippen LogP contribution in [0.15, 0.2) is 77.8 Å². The highest BCUT2D eigenvalue weighted by Gasteiger charge is 2.44. The third-order valence-electron chi connectivity index (χ3n) is 12.4. The molecule has 12 atom stereocenters. The topological polar surface area (TPSA) is 335 Å². The van der Waals surface area contributed by atoms with Gasteiger partial charge in [0.05, 0.1) is 25.4 Å². The number of nitrogen functional groups attached to an aromatic ring is 1. The lowest BCUT2D eigenvalue weighted by Crippen LogP contribution is -2.49. The largest absolute Gasteiger partial charge is 0.481 e. The molecule has 0 spiro atoms. The van der Waals surface area contributed by atoms with Crippen molar-refractivity contribution >= 4 is 33.4 Å². The highest BCUT2D eigenvalue weighted by Crippen LogP contribution is 2.60. The molecule has 432 valence electrons. The van der Waals surface area contributed by atoms with Gasteiger partial charge in [-0.2, -0.15) is 9.29 Å². The van der Waals surface area contributed by atoms with Gasteiger partial charge in [0.25, 0.3) is 0 Å². The van der Waals surface area contributed by atoms with Crippen LogP contribution in [0, 0.1) is 5.92 Å². The highest BCUT2D eigenvalue weighted by atomic mass is 31.3. The van der Waals surface area contributed by atoms with Crippen LogP contribution in [0.4, 0.5) is 5.82 Å². The van der Waals surface area contributed by atoms with Gasteiger partial charge in [-0.15, -0.1) is 0 Å². The third-order valence-corrected chi connectivity index (χ3v) is 15.0. The Bertz CT molecular complexity index is 2140. The van der Waals surface area contributed by atoms with Gasteiger partial charge in [-0.25, -0.2) is 13.9 Å². The lowest BCUT2D eigenvalue weighted by atomic mass is 9.92. The molecule has 1 saturated heterocycles. The minimum Gasteiger partial charge on any atom is -0.462 e. The monoisotopic (exact) mass is 1120 g/mol. The number of fused-ring (bicyclic) bond motifs is 3. The third kappa shape index (κ3) is 27.8. The van der Waals surface area contributed by atoms with E-state index < -0.39 is 121 Å². The van der Waals surface area contributed by atoms with Crippen LogP contribution < -0.4 is 11.4 Å². The lowest BCUT2D eigenvalue weighted by molar-refractivity contribution is -0.192. The van der Waals surface area contributed by atoms with E-state index in [1.807, 2.05) is 6.92 Å². The number of ether oxygens (including phenoxy) is 4. The average Bonchev–Trinajstić information content (AvgIpc) is 3.37. The second-order valence-corrected chi connectivity index (χ2v) is 21.9. The molecule has 0 radical (unpaired) electrons. The quantitative estimate of drug-likeness (QED) is 0.0219. The van der Waals surface area contributed by atoms with Gasteiger partial charge in [0.1, 0.15) is 43.1 Å². The summed E-state index contributed by atoms with van der Waals surface area (Å²) in [5.41, 5.74) is 4.75. The van der Waals surface area contributed by atoms with Crippen LogP contribution in [0.5, 0.6) is 0 Å². The first-order valence-electron chi connectivity index (χ1n) is 26.7. The molecule has 0 saturated carbocycles. The Hall–Kier alpha value is -3.70. The molecule has 1 aromatic rings. The van der Waals surface area contributed by atoms with Gasteiger partial charge in [0.15, 0.2) is 12.4 Å². The van der Waals surface area contributed by atoms with Crippen molar-refractivity contribution in [1.82, 2.24) is 9.55 Å². The zero-order chi connectivity index (χ0) is 55.8. The van der Waals surface area contributed by atoms with Gasteiger partial charge >= 0.3 is 33.3 Å². The number of hydrogen-bond donors (Lipinski definition) is 8. The number of carbonyl (C=O) groups is 2. The zero-order valence-electron chi connectivity index (χ0n) is 44.1. The maximum absolute atomic E-state index is 13.4. The number of nitrogens with zero attached hydrogens (tertiary/aromatic N) is 2. The summed E-state index contributed by atoms with van der Waals surface area (Å²) in [4.78, 5) is 64.2. The van der Waals surface area contributed by atoms with Crippen molar-refractivity contribution in [3.05, 3.63) is 83.5 Å². The summed E-state index contributed by atoms with van der Waals surface area (Å²) >= 11 is 0. The Labute approximate surface area is 446 Å². The first-order valence-corrected chi connectivity index (χ1v) is 29.7. The molecule has 2 bridgehead atoms. The predicted octanol–water partition coefficient (Wildman–Crippen LogP) is 7.22. The zero-order valence-corrected chi connectivity index (χ0v) is 45.9. The average molecular weight is 1120 g/mol. The summed E-state index contributed by atoms with van der Waals surface area (Å²) in [6, 6.07) is 1.22. The summed E-state index contributed by atoms with van der Waals surface area (Å²) in [5.74, 6) is -2.88. The number of phosphoric ester groups is 2. The lowest BCUT2D eigenvalue weighted by Gasteiger charge is -2.36. The normalized spacial score (nSPS) is 29.7. The number of carbonyl (C=O) groups excluding carboxylic acids is 2. The van der Waals surface area contributed by atoms with Crippen LogP contribution >= 0.6 is 15.6 Å². The molecule has 1 aromatic heterocycles. The van der Waals surface area contributed by atoms with Crippen molar-refractivity contribution in [3.63, 3.8) is 0 Å². The molecule has 76 heavy (non-hydrogen) atoms. The second-order valence-electron chi connectivity index (χ2n) is 18.9. The summed E-state index contributed by atoms with van der Waals surface area (Å²) < 4.78 is 64.7. The van der Waals surface area contributed by atoms with Gasteiger partial charge in [-0.1, -0.05) is 120 Å². The molecule has 2 aliphatic rings. The van der Waals surface area contributed by atoms with Crippen molar-refractivity contribution < 1.29 is 86.3 Å². The number of unbranched alkanes of at least 4 members (excludes halogenated alkanes) is 9. The van der Waals surface area contributed by atoms with Crippen LogP contribution in [-0.4, -0.2) is 126 Å². The molecule has 2 aliphatic heterocycles. The van der Waals surface area contributed by atoms with Crippen LogP contribution in [0.25, 0.3) is 0 Å². The van der Waals surface area contributed by atoms with Crippen molar-refractivity contribution in [2.75, 3.05) is 25.6 Å². The van der Waals surface area contributed by atoms with E-state index in [1.54, 1.807) is 12.2 Å². The number of aromatic nitrogens is 2. The van der Waals surface area contributed by atoms with E-state index in [0.29, 0.717) is 19.3 Å². The Balaban J connectivity index is 1.77. The van der Waals surface area contributed by atoms with E-state index in [0.717, 1.165) is 68.6 Å². The molecule has 1 fully saturated rings. The van der Waals surface area contributed by atoms with Gasteiger partial charge < -0.3 is 60.0 Å². The number of phosphoric acid groups is 2. The van der Waals surface area contributed by atoms with Gasteiger partial charge in [0.2, 0.25) is 0 Å². The smallest absolute Gasteiger partial charge is 0.462 e. The maximum Gasteiger partial charge on any atom is 0.481 e. The minimum atomic E-state index is -5.74. The van der Waals surface area contributed by atoms with E-state index in [-0.39, 0.29) is 37.9 Å². The number of allylic oxidation sites excluding steroid dienone is 8. The Morgan fingerprint density at radius 1 is 0.855 bits per heavy atom. The highest BCUT2D eigenvalue weighted by molar-refractivity contribution is 7.61. The molecule has 3 rings (SSSR count). The van der Waals surface area contributed by atoms with E-state index in [4.69, 9.17) is 33.7 Å². The van der Waals surface area contributed by atoms with Crippen LogP contribution in [0.3, 0.4) is 0 Å². The second kappa shape index (κ2) is 37.2. The molecule has 0 amide bonds. The number of aliphatic hydroxyl groups is 5. The van der Waals surface area contributed by atoms with Crippen LogP contribution in [0.1, 0.15) is 155 Å². The van der Waals surface area contributed by atoms with E-state index in [1.165, 1.54) is 37.5 Å². The molecule has 3 heterocycles. The fraction of sp³-hybridized carbons (Fsp3) is 0.692. The number of anilines is 1. The summed E-state index contributed by atoms with van der Waals surface area (Å²) in [5, 5.41) is 56.8. The number of esters is 2. The fourth-order valence-corrected chi connectivity index (χ4v) is 10.2. The van der Waals surface area contributed by atoms with Gasteiger partial charge in [-0.3, -0.25) is 23.2 Å². The van der Waals surface area contributed by atoms with E-state index in [9.17, 15) is 58.8 Å². The molecular formula is C52H85N3O19P2. The first-order chi connectivity index (χ1) is 36.3. The van der Waals surface area contributed by atoms with Gasteiger partial charge in [-0.05, 0) is 76.7 Å². The minimum absolute atomic E-state index is 0.0457. The number of hydrogen-bond acceptors (Lipinski definition) is 19. The number of cyclic esters (lactones) is 1. The fourth-order valence-electron chi connectivity index (χ4n) is 8.12. The SMILES string of the molecule is CCCCC/C=C\C/C=C\C/C=C\CCCCCCC(=O)OC[C@@H]1COP(=O)(O)OP(=O)(O)OC[C@H]2O[C@@H](n3ccc(N)nc3=O)[C@@H](CC=CCCCC(=O)O1)[C@@H](O)CC(O)O[C@H](/C=C/[C@@H](O)CCCCC)[C@H](O)[C@@H]2O. The van der Waals surface area contributed by atoms with E-state index >= 15 is 0 Å². The first kappa shape index (κ1) is 66.6. The van der Waals surface area contributed by atoms with Crippen molar-refractivity contribution in [2.24, 2.45) is 5.92 Å². The predicted molar refractivity (Wildman–Crippen MR) is 283 cm³/mol. The summed E-state index contributed by atoms with van der Waals surface area (Å²) in [6.45, 7) is 1.39. The molecule has 9 N–H and O–H groups in total. The molecule has 24 heteroatoms. The van der Waals surface area contributed by atoms with E-state index in [2.05, 4.69) is 52.7 Å². The molecule has 0 aromatic carbocycles. The number of nitrogens with two attached hydrogens (primary N) is 1. The van der Waals surface area contributed by atoms with Crippen LogP contribution in [-0.2, 0) is 51.0 Å².